The molecule has 0 bridgehead atoms. The average molecular weight is 180 g/mol. The van der Waals surface area contributed by atoms with E-state index in [0.29, 0.717) is 5.57 Å². The minimum absolute atomic E-state index is 0.461. The van der Waals surface area contributed by atoms with Crippen molar-refractivity contribution in [2.45, 2.75) is 20.3 Å². The number of halogens is 1. The van der Waals surface area contributed by atoms with Gasteiger partial charge in [0, 0.05) is 12.0 Å². The van der Waals surface area contributed by atoms with Crippen LogP contribution in [0.3, 0.4) is 0 Å². The smallest absolute Gasteiger partial charge is 0.351 e. The topological polar surface area (TPSA) is 52.3 Å². The second-order valence-electron chi connectivity index (χ2n) is 1.70. The van der Waals surface area contributed by atoms with E-state index in [2.05, 4.69) is 22.3 Å². The van der Waals surface area contributed by atoms with Crippen molar-refractivity contribution in [2.75, 3.05) is 6.38 Å². The van der Waals surface area contributed by atoms with Crippen LogP contribution < -0.4 is 5.90 Å². The van der Waals surface area contributed by atoms with Crippen LogP contribution in [0.15, 0.2) is 11.6 Å². The lowest BCUT2D eigenvalue weighted by Crippen LogP contribution is -2.10. The number of hydrogen-bond donors (Lipinski definition) is 1. The maximum atomic E-state index is 10.5. The molecule has 3 nitrogen and oxygen atoms in total. The van der Waals surface area contributed by atoms with Crippen LogP contribution in [0, 0.1) is 0 Å². The van der Waals surface area contributed by atoms with Crippen molar-refractivity contribution in [3.8, 4) is 0 Å². The summed E-state index contributed by atoms with van der Waals surface area (Å²) in [6.45, 7) is 3.60. The van der Waals surface area contributed by atoms with Crippen molar-refractivity contribution in [1.82, 2.24) is 0 Å². The summed E-state index contributed by atoms with van der Waals surface area (Å²) in [6.07, 6.45) is 4.05. The number of rotatable bonds is 2. The first-order chi connectivity index (χ1) is 5.22. The molecule has 0 atom stereocenters. The van der Waals surface area contributed by atoms with Gasteiger partial charge in [0.05, 0.1) is 0 Å². The fraction of sp³-hybridized carbons (Fsp3) is 0.571. The fourth-order valence-electron chi connectivity index (χ4n) is 0.482. The Hall–Kier alpha value is -0.540. The largest absolute Gasteiger partial charge is 0.370 e. The van der Waals surface area contributed by atoms with Crippen LogP contribution in [-0.2, 0) is 9.63 Å². The zero-order valence-corrected chi connectivity index (χ0v) is 7.81. The van der Waals surface area contributed by atoms with E-state index in [1.807, 2.05) is 6.92 Å². The summed E-state index contributed by atoms with van der Waals surface area (Å²) in [4.78, 5) is 14.4. The van der Waals surface area contributed by atoms with Gasteiger partial charge < -0.3 is 4.84 Å². The molecule has 0 aliphatic carbocycles. The summed E-state index contributed by atoms with van der Waals surface area (Å²) in [6, 6.07) is 0. The van der Waals surface area contributed by atoms with Crippen molar-refractivity contribution in [1.29, 1.82) is 0 Å². The molecule has 0 saturated carbocycles. The molecule has 0 saturated heterocycles. The predicted octanol–water partition coefficient (Wildman–Crippen LogP) is 1.61. The molecule has 0 amide bonds. The minimum Gasteiger partial charge on any atom is -0.370 e. The summed E-state index contributed by atoms with van der Waals surface area (Å²) in [5.41, 5.74) is 0.556. The Morgan fingerprint density at radius 1 is 1.64 bits per heavy atom. The third-order valence-electron chi connectivity index (χ3n) is 0.939. The molecule has 66 valence electrons. The van der Waals surface area contributed by atoms with E-state index in [-0.39, 0.29) is 0 Å². The summed E-state index contributed by atoms with van der Waals surface area (Å²) >= 11 is 4.64. The monoisotopic (exact) mass is 179 g/mol. The van der Waals surface area contributed by atoms with Crippen molar-refractivity contribution in [3.63, 3.8) is 0 Å². The van der Waals surface area contributed by atoms with Crippen LogP contribution in [0.4, 0.5) is 0 Å². The molecule has 0 aromatic rings. The van der Waals surface area contributed by atoms with Gasteiger partial charge in [0.15, 0.2) is 0 Å². The van der Waals surface area contributed by atoms with Gasteiger partial charge in [0.1, 0.15) is 0 Å². The normalized spacial score (nSPS) is 9.73. The Kier molecular flexibility index (Phi) is 11.2. The van der Waals surface area contributed by atoms with Gasteiger partial charge in [-0.15, -0.1) is 11.6 Å². The standard InChI is InChI=1S/C6H11NO2.CH3Cl/c1-3-4-5(2)6(8)9-7;1-2/h4H,3,7H2,1-2H3;1H3. The van der Waals surface area contributed by atoms with Crippen LogP contribution in [0.1, 0.15) is 20.3 Å². The molecule has 0 aromatic carbocycles. The summed E-state index contributed by atoms with van der Waals surface area (Å²) in [7, 11) is 0. The first kappa shape index (κ1) is 13.1. The molecular weight excluding hydrogens is 166 g/mol. The highest BCUT2D eigenvalue weighted by atomic mass is 35.5. The highest BCUT2D eigenvalue weighted by Gasteiger charge is 2.00. The van der Waals surface area contributed by atoms with Gasteiger partial charge in [0.25, 0.3) is 0 Å². The number of carbonyl (C=O) groups excluding carboxylic acids is 1. The molecule has 0 aliphatic rings. The van der Waals surface area contributed by atoms with Gasteiger partial charge in [-0.25, -0.2) is 4.79 Å². The molecule has 0 rings (SSSR count). The molecule has 11 heavy (non-hydrogen) atoms. The highest BCUT2D eigenvalue weighted by Crippen LogP contribution is 1.95. The molecular formula is C7H14ClNO2. The lowest BCUT2D eigenvalue weighted by Gasteiger charge is -1.94. The quantitative estimate of drug-likeness (QED) is 0.398. The van der Waals surface area contributed by atoms with Gasteiger partial charge in [-0.05, 0) is 13.3 Å². The lowest BCUT2D eigenvalue weighted by molar-refractivity contribution is -0.139. The van der Waals surface area contributed by atoms with Crippen LogP contribution in [0.2, 0.25) is 0 Å². The molecule has 0 unspecified atom stereocenters. The Bertz CT molecular complexity index is 134. The Labute approximate surface area is 72.1 Å². The van der Waals surface area contributed by atoms with Gasteiger partial charge in [-0.3, -0.25) is 0 Å². The molecule has 0 aromatic heterocycles. The SMILES string of the molecule is CCC=C(C)C(=O)ON.CCl. The predicted molar refractivity (Wildman–Crippen MR) is 46.1 cm³/mol. The molecule has 0 heterocycles. The van der Waals surface area contributed by atoms with E-state index in [0.717, 1.165) is 6.42 Å². The fourth-order valence-corrected chi connectivity index (χ4v) is 0.482. The first-order valence-electron chi connectivity index (χ1n) is 3.18. The summed E-state index contributed by atoms with van der Waals surface area (Å²) in [5, 5.41) is 0. The molecule has 0 fully saturated rings. The number of carbonyl (C=O) groups is 1. The number of hydrogen-bond acceptors (Lipinski definition) is 3. The van der Waals surface area contributed by atoms with E-state index in [1.54, 1.807) is 13.0 Å². The number of alkyl halides is 1. The number of allylic oxidation sites excluding steroid dienone is 1. The lowest BCUT2D eigenvalue weighted by atomic mass is 10.2. The van der Waals surface area contributed by atoms with E-state index in [9.17, 15) is 4.79 Å². The molecule has 4 heteroatoms. The average Bonchev–Trinajstić information content (AvgIpc) is 2.07. The molecule has 2 N–H and O–H groups in total. The van der Waals surface area contributed by atoms with E-state index >= 15 is 0 Å². The first-order valence-corrected chi connectivity index (χ1v) is 3.93. The van der Waals surface area contributed by atoms with Gasteiger partial charge in [-0.2, -0.15) is 5.90 Å². The summed E-state index contributed by atoms with van der Waals surface area (Å²) in [5.74, 6) is 4.15. The van der Waals surface area contributed by atoms with Crippen LogP contribution in [0.5, 0.6) is 0 Å². The third-order valence-corrected chi connectivity index (χ3v) is 0.939. The van der Waals surface area contributed by atoms with E-state index < -0.39 is 5.97 Å². The Morgan fingerprint density at radius 3 is 2.36 bits per heavy atom. The minimum atomic E-state index is -0.461. The second-order valence-corrected chi connectivity index (χ2v) is 1.70. The van der Waals surface area contributed by atoms with E-state index in [4.69, 9.17) is 0 Å². The second kappa shape index (κ2) is 9.46. The van der Waals surface area contributed by atoms with Crippen molar-refractivity contribution >= 4 is 17.6 Å². The van der Waals surface area contributed by atoms with Crippen LogP contribution in [0.25, 0.3) is 0 Å². The van der Waals surface area contributed by atoms with E-state index in [1.165, 1.54) is 6.38 Å². The Balaban J connectivity index is 0. The Morgan fingerprint density at radius 2 is 2.09 bits per heavy atom. The zero-order valence-electron chi connectivity index (χ0n) is 7.06. The zero-order chi connectivity index (χ0) is 9.28. The van der Waals surface area contributed by atoms with Crippen molar-refractivity contribution in [3.05, 3.63) is 11.6 Å². The number of nitrogens with two attached hydrogens (primary N) is 1. The van der Waals surface area contributed by atoms with Gasteiger partial charge in [-0.1, -0.05) is 13.0 Å². The van der Waals surface area contributed by atoms with Crippen LogP contribution >= 0.6 is 11.6 Å². The molecule has 0 spiro atoms. The highest BCUT2D eigenvalue weighted by molar-refractivity contribution is 6.15. The van der Waals surface area contributed by atoms with Crippen molar-refractivity contribution < 1.29 is 9.63 Å². The maximum absolute atomic E-state index is 10.5. The third kappa shape index (κ3) is 7.36. The van der Waals surface area contributed by atoms with Crippen molar-refractivity contribution in [2.24, 2.45) is 5.90 Å². The van der Waals surface area contributed by atoms with Gasteiger partial charge >= 0.3 is 5.97 Å². The van der Waals surface area contributed by atoms with Crippen LogP contribution in [-0.4, -0.2) is 12.4 Å². The molecule has 0 aliphatic heterocycles. The summed E-state index contributed by atoms with van der Waals surface area (Å²) < 4.78 is 0. The molecule has 0 radical (unpaired) electrons. The maximum Gasteiger partial charge on any atom is 0.351 e. The van der Waals surface area contributed by atoms with Gasteiger partial charge in [0.2, 0.25) is 0 Å².